The number of carbonyl (C=O) groups is 1. The molecule has 0 aliphatic heterocycles. The molecule has 0 spiro atoms. The third-order valence-corrected chi connectivity index (χ3v) is 3.17. The van der Waals surface area contributed by atoms with E-state index in [1.54, 1.807) is 19.2 Å². The molecule has 0 fully saturated rings. The van der Waals surface area contributed by atoms with Crippen LogP contribution in [0.3, 0.4) is 0 Å². The van der Waals surface area contributed by atoms with Crippen LogP contribution in [-0.4, -0.2) is 26.1 Å². The third-order valence-electron chi connectivity index (χ3n) is 3.17. The van der Waals surface area contributed by atoms with Gasteiger partial charge in [0.2, 0.25) is 5.91 Å². The second-order valence-corrected chi connectivity index (χ2v) is 4.81. The van der Waals surface area contributed by atoms with Crippen molar-refractivity contribution in [2.75, 3.05) is 25.5 Å². The van der Waals surface area contributed by atoms with E-state index in [0.29, 0.717) is 13.0 Å². The Bertz CT molecular complexity index is 614. The topological polar surface area (TPSA) is 50.4 Å². The lowest BCUT2D eigenvalue weighted by Gasteiger charge is -2.09. The molecule has 2 N–H and O–H groups in total. The minimum absolute atomic E-state index is 0.0927. The molecule has 0 aliphatic rings. The zero-order valence-corrected chi connectivity index (χ0v) is 12.4. The molecule has 0 unspecified atom stereocenters. The first-order chi connectivity index (χ1) is 10.7. The number of ether oxygens (including phenoxy) is 1. The highest BCUT2D eigenvalue weighted by Crippen LogP contribution is 2.16. The molecule has 0 radical (unpaired) electrons. The van der Waals surface area contributed by atoms with E-state index in [2.05, 4.69) is 10.6 Å². The molecule has 0 aliphatic carbocycles. The quantitative estimate of drug-likeness (QED) is 0.826. The van der Waals surface area contributed by atoms with Gasteiger partial charge < -0.3 is 15.4 Å². The summed E-state index contributed by atoms with van der Waals surface area (Å²) in [5.74, 6) is 0.391. The van der Waals surface area contributed by atoms with Crippen molar-refractivity contribution in [2.24, 2.45) is 0 Å². The summed E-state index contributed by atoms with van der Waals surface area (Å²) in [5.41, 5.74) is 1.82. The van der Waals surface area contributed by atoms with Crippen molar-refractivity contribution in [3.63, 3.8) is 0 Å². The van der Waals surface area contributed by atoms with Crippen LogP contribution in [0.25, 0.3) is 0 Å². The number of amides is 1. The standard InChI is InChI=1S/C17H19FN2O2/c1-22-16-4-2-3-15(11-16)20-12-17(21)19-10-9-13-5-7-14(18)8-6-13/h2-8,11,20H,9-10,12H2,1H3,(H,19,21). The normalized spacial score (nSPS) is 10.1. The van der Waals surface area contributed by atoms with Gasteiger partial charge in [-0.05, 0) is 36.2 Å². The molecule has 2 rings (SSSR count). The summed E-state index contributed by atoms with van der Waals surface area (Å²) in [7, 11) is 1.60. The third kappa shape index (κ3) is 5.09. The van der Waals surface area contributed by atoms with E-state index in [1.807, 2.05) is 24.3 Å². The number of hydrogen-bond acceptors (Lipinski definition) is 3. The molecular weight excluding hydrogens is 283 g/mol. The van der Waals surface area contributed by atoms with Gasteiger partial charge in [-0.15, -0.1) is 0 Å². The highest BCUT2D eigenvalue weighted by atomic mass is 19.1. The van der Waals surface area contributed by atoms with Crippen LogP contribution >= 0.6 is 0 Å². The molecule has 2 aromatic rings. The Kier molecular flexibility index (Phi) is 5.77. The van der Waals surface area contributed by atoms with Crippen LogP contribution in [-0.2, 0) is 11.2 Å². The van der Waals surface area contributed by atoms with Gasteiger partial charge in [-0.1, -0.05) is 18.2 Å². The van der Waals surface area contributed by atoms with Gasteiger partial charge in [-0.3, -0.25) is 4.79 Å². The SMILES string of the molecule is COc1cccc(NCC(=O)NCCc2ccc(F)cc2)c1. The first kappa shape index (κ1) is 15.8. The lowest BCUT2D eigenvalue weighted by Crippen LogP contribution is -2.31. The van der Waals surface area contributed by atoms with Crippen molar-refractivity contribution >= 4 is 11.6 Å². The minimum Gasteiger partial charge on any atom is -0.497 e. The van der Waals surface area contributed by atoms with Gasteiger partial charge in [0.25, 0.3) is 0 Å². The number of hydrogen-bond donors (Lipinski definition) is 2. The number of methoxy groups -OCH3 is 1. The van der Waals surface area contributed by atoms with Crippen molar-refractivity contribution in [1.82, 2.24) is 5.32 Å². The maximum absolute atomic E-state index is 12.8. The summed E-state index contributed by atoms with van der Waals surface area (Å²) in [6.07, 6.45) is 0.672. The second kappa shape index (κ2) is 8.02. The van der Waals surface area contributed by atoms with E-state index in [4.69, 9.17) is 4.74 Å². The number of halogens is 1. The summed E-state index contributed by atoms with van der Waals surface area (Å²) in [4.78, 5) is 11.8. The Balaban J connectivity index is 1.70. The van der Waals surface area contributed by atoms with Crippen molar-refractivity contribution in [3.05, 3.63) is 59.9 Å². The fourth-order valence-corrected chi connectivity index (χ4v) is 1.98. The van der Waals surface area contributed by atoms with Crippen LogP contribution in [0.5, 0.6) is 5.75 Å². The summed E-state index contributed by atoms with van der Waals surface area (Å²) in [6, 6.07) is 13.7. The van der Waals surface area contributed by atoms with E-state index in [9.17, 15) is 9.18 Å². The fourth-order valence-electron chi connectivity index (χ4n) is 1.98. The minimum atomic E-state index is -0.254. The van der Waals surface area contributed by atoms with E-state index in [-0.39, 0.29) is 18.3 Å². The van der Waals surface area contributed by atoms with Crippen LogP contribution < -0.4 is 15.4 Å². The van der Waals surface area contributed by atoms with E-state index >= 15 is 0 Å². The van der Waals surface area contributed by atoms with E-state index < -0.39 is 0 Å². The van der Waals surface area contributed by atoms with Crippen LogP contribution in [0.15, 0.2) is 48.5 Å². The number of benzene rings is 2. The molecule has 2 aromatic carbocycles. The Morgan fingerprint density at radius 3 is 2.68 bits per heavy atom. The monoisotopic (exact) mass is 302 g/mol. The first-order valence-corrected chi connectivity index (χ1v) is 7.06. The zero-order chi connectivity index (χ0) is 15.8. The van der Waals surface area contributed by atoms with Crippen LogP contribution in [0.1, 0.15) is 5.56 Å². The lowest BCUT2D eigenvalue weighted by molar-refractivity contribution is -0.119. The number of rotatable bonds is 7. The van der Waals surface area contributed by atoms with Crippen LogP contribution in [0.4, 0.5) is 10.1 Å². The van der Waals surface area contributed by atoms with Crippen molar-refractivity contribution in [3.8, 4) is 5.75 Å². The fraction of sp³-hybridized carbons (Fsp3) is 0.235. The predicted octanol–water partition coefficient (Wildman–Crippen LogP) is 2.61. The Morgan fingerprint density at radius 1 is 1.18 bits per heavy atom. The molecular formula is C17H19FN2O2. The maximum atomic E-state index is 12.8. The predicted molar refractivity (Wildman–Crippen MR) is 84.6 cm³/mol. The largest absolute Gasteiger partial charge is 0.497 e. The zero-order valence-electron chi connectivity index (χ0n) is 12.4. The Hall–Kier alpha value is -2.56. The van der Waals surface area contributed by atoms with Gasteiger partial charge in [0.05, 0.1) is 13.7 Å². The van der Waals surface area contributed by atoms with Crippen molar-refractivity contribution in [1.29, 1.82) is 0 Å². The molecule has 0 heterocycles. The summed E-state index contributed by atoms with van der Waals surface area (Å²) in [5, 5.41) is 5.85. The molecule has 0 bridgehead atoms. The van der Waals surface area contributed by atoms with Gasteiger partial charge >= 0.3 is 0 Å². The lowest BCUT2D eigenvalue weighted by atomic mass is 10.1. The van der Waals surface area contributed by atoms with E-state index in [0.717, 1.165) is 17.0 Å². The highest BCUT2D eigenvalue weighted by molar-refractivity contribution is 5.80. The van der Waals surface area contributed by atoms with Gasteiger partial charge in [0.1, 0.15) is 11.6 Å². The first-order valence-electron chi connectivity index (χ1n) is 7.06. The van der Waals surface area contributed by atoms with Gasteiger partial charge in [-0.25, -0.2) is 4.39 Å². The van der Waals surface area contributed by atoms with Crippen molar-refractivity contribution < 1.29 is 13.9 Å². The van der Waals surface area contributed by atoms with Gasteiger partial charge in [-0.2, -0.15) is 0 Å². The van der Waals surface area contributed by atoms with E-state index in [1.165, 1.54) is 12.1 Å². The molecule has 0 aromatic heterocycles. The Labute approximate surface area is 129 Å². The van der Waals surface area contributed by atoms with Gasteiger partial charge in [0, 0.05) is 18.3 Å². The van der Waals surface area contributed by atoms with Crippen LogP contribution in [0.2, 0.25) is 0 Å². The number of nitrogens with one attached hydrogen (secondary N) is 2. The summed E-state index contributed by atoms with van der Waals surface area (Å²) in [6.45, 7) is 0.709. The number of carbonyl (C=O) groups excluding carboxylic acids is 1. The summed E-state index contributed by atoms with van der Waals surface area (Å²) < 4.78 is 17.9. The molecule has 116 valence electrons. The highest BCUT2D eigenvalue weighted by Gasteiger charge is 2.02. The molecule has 0 saturated carbocycles. The average molecular weight is 302 g/mol. The Morgan fingerprint density at radius 2 is 1.95 bits per heavy atom. The number of anilines is 1. The second-order valence-electron chi connectivity index (χ2n) is 4.81. The smallest absolute Gasteiger partial charge is 0.239 e. The maximum Gasteiger partial charge on any atom is 0.239 e. The average Bonchev–Trinajstić information content (AvgIpc) is 2.55. The van der Waals surface area contributed by atoms with Crippen LogP contribution in [0, 0.1) is 5.82 Å². The summed E-state index contributed by atoms with van der Waals surface area (Å²) >= 11 is 0. The molecule has 22 heavy (non-hydrogen) atoms. The van der Waals surface area contributed by atoms with Crippen molar-refractivity contribution in [2.45, 2.75) is 6.42 Å². The van der Waals surface area contributed by atoms with Gasteiger partial charge in [0.15, 0.2) is 0 Å². The molecule has 1 amide bonds. The molecule has 5 heteroatoms. The molecule has 4 nitrogen and oxygen atoms in total. The molecule has 0 atom stereocenters. The molecule has 0 saturated heterocycles.